The Morgan fingerprint density at radius 2 is 2.13 bits per heavy atom. The third kappa shape index (κ3) is 4.46. The molecule has 1 aromatic carbocycles. The SMILES string of the molecule is CC(N)(CC(=O)O)c1cn([C@@H]2CCOc3cc(CN4CCC(F)CC4)ccc32)nn1. The molecule has 0 bridgehead atoms. The van der Waals surface area contributed by atoms with Gasteiger partial charge in [0.1, 0.15) is 17.6 Å². The zero-order valence-corrected chi connectivity index (χ0v) is 17.1. The molecule has 8 nitrogen and oxygen atoms in total. The highest BCUT2D eigenvalue weighted by Crippen LogP contribution is 2.36. The second-order valence-electron chi connectivity index (χ2n) is 8.55. The Kier molecular flexibility index (Phi) is 5.75. The normalized spacial score (nSPS) is 22.2. The molecule has 2 aliphatic rings. The lowest BCUT2D eigenvalue weighted by Gasteiger charge is -2.30. The molecule has 1 aromatic heterocycles. The first-order valence-corrected chi connectivity index (χ1v) is 10.4. The van der Waals surface area contributed by atoms with Crippen LogP contribution in [0.3, 0.4) is 0 Å². The van der Waals surface area contributed by atoms with Crippen molar-refractivity contribution in [2.45, 2.75) is 56.9 Å². The van der Waals surface area contributed by atoms with E-state index in [1.807, 2.05) is 0 Å². The zero-order chi connectivity index (χ0) is 21.3. The molecule has 1 unspecified atom stereocenters. The van der Waals surface area contributed by atoms with Crippen LogP contribution in [0.1, 0.15) is 55.5 Å². The first-order valence-electron chi connectivity index (χ1n) is 10.4. The van der Waals surface area contributed by atoms with Crippen LogP contribution in [0.15, 0.2) is 24.4 Å². The molecule has 3 heterocycles. The average Bonchev–Trinajstić information content (AvgIpc) is 3.19. The number of aliphatic carboxylic acids is 1. The summed E-state index contributed by atoms with van der Waals surface area (Å²) < 4.78 is 21.0. The number of hydrogen-bond donors (Lipinski definition) is 2. The van der Waals surface area contributed by atoms with Crippen LogP contribution in [-0.4, -0.2) is 56.8 Å². The topological polar surface area (TPSA) is 106 Å². The van der Waals surface area contributed by atoms with Gasteiger partial charge in [-0.1, -0.05) is 17.3 Å². The number of fused-ring (bicyclic) bond motifs is 1. The maximum absolute atomic E-state index is 13.4. The summed E-state index contributed by atoms with van der Waals surface area (Å²) in [6.07, 6.45) is 2.77. The van der Waals surface area contributed by atoms with Crippen molar-refractivity contribution >= 4 is 5.97 Å². The van der Waals surface area contributed by atoms with Crippen molar-refractivity contribution in [1.82, 2.24) is 19.9 Å². The van der Waals surface area contributed by atoms with E-state index in [-0.39, 0.29) is 12.5 Å². The van der Waals surface area contributed by atoms with Crippen molar-refractivity contribution in [2.75, 3.05) is 19.7 Å². The molecule has 30 heavy (non-hydrogen) atoms. The van der Waals surface area contributed by atoms with E-state index >= 15 is 0 Å². The van der Waals surface area contributed by atoms with Crippen molar-refractivity contribution in [2.24, 2.45) is 5.73 Å². The highest BCUT2D eigenvalue weighted by atomic mass is 19.1. The number of ether oxygens (including phenoxy) is 1. The second-order valence-corrected chi connectivity index (χ2v) is 8.55. The molecule has 4 rings (SSSR count). The quantitative estimate of drug-likeness (QED) is 0.742. The summed E-state index contributed by atoms with van der Waals surface area (Å²) >= 11 is 0. The van der Waals surface area contributed by atoms with Gasteiger partial charge in [-0.05, 0) is 31.4 Å². The largest absolute Gasteiger partial charge is 0.493 e. The third-order valence-corrected chi connectivity index (χ3v) is 5.94. The first kappa shape index (κ1) is 20.7. The van der Waals surface area contributed by atoms with E-state index < -0.39 is 17.7 Å². The molecule has 2 aromatic rings. The minimum Gasteiger partial charge on any atom is -0.493 e. The molecule has 162 valence electrons. The fourth-order valence-corrected chi connectivity index (χ4v) is 4.20. The van der Waals surface area contributed by atoms with E-state index in [1.54, 1.807) is 17.8 Å². The number of carboxylic acids is 1. The molecular formula is C21H28FN5O3. The number of carbonyl (C=O) groups is 1. The van der Waals surface area contributed by atoms with Gasteiger partial charge in [0.05, 0.1) is 30.8 Å². The number of nitrogens with zero attached hydrogens (tertiary/aromatic N) is 4. The summed E-state index contributed by atoms with van der Waals surface area (Å²) in [5.41, 5.74) is 7.66. The number of benzene rings is 1. The van der Waals surface area contributed by atoms with E-state index in [9.17, 15) is 9.18 Å². The molecule has 0 saturated carbocycles. The Morgan fingerprint density at radius 3 is 2.87 bits per heavy atom. The Bertz CT molecular complexity index is 908. The third-order valence-electron chi connectivity index (χ3n) is 5.94. The molecule has 3 N–H and O–H groups in total. The Morgan fingerprint density at radius 1 is 1.37 bits per heavy atom. The minimum atomic E-state index is -1.09. The van der Waals surface area contributed by atoms with Gasteiger partial charge in [-0.3, -0.25) is 9.69 Å². The van der Waals surface area contributed by atoms with Crippen LogP contribution in [-0.2, 0) is 16.9 Å². The monoisotopic (exact) mass is 417 g/mol. The lowest BCUT2D eigenvalue weighted by molar-refractivity contribution is -0.138. The molecule has 0 spiro atoms. The number of nitrogens with two attached hydrogens (primary N) is 1. The summed E-state index contributed by atoms with van der Waals surface area (Å²) in [6, 6.07) is 6.14. The van der Waals surface area contributed by atoms with Crippen molar-refractivity contribution in [1.29, 1.82) is 0 Å². The maximum atomic E-state index is 13.4. The van der Waals surface area contributed by atoms with Gasteiger partial charge >= 0.3 is 5.97 Å². The van der Waals surface area contributed by atoms with Gasteiger partial charge in [0.25, 0.3) is 0 Å². The van der Waals surface area contributed by atoms with E-state index in [0.717, 1.165) is 42.9 Å². The fraction of sp³-hybridized carbons (Fsp3) is 0.571. The molecule has 2 atom stereocenters. The number of piperidine rings is 1. The summed E-state index contributed by atoms with van der Waals surface area (Å²) in [5.74, 6) is -0.156. The van der Waals surface area contributed by atoms with Crippen molar-refractivity contribution in [3.05, 3.63) is 41.2 Å². The van der Waals surface area contributed by atoms with E-state index in [1.165, 1.54) is 0 Å². The number of hydrogen-bond acceptors (Lipinski definition) is 6. The molecule has 2 aliphatic heterocycles. The Labute approximate surface area is 174 Å². The Balaban J connectivity index is 1.51. The minimum absolute atomic E-state index is 0.0491. The van der Waals surface area contributed by atoms with Crippen molar-refractivity contribution < 1.29 is 19.0 Å². The van der Waals surface area contributed by atoms with Crippen molar-refractivity contribution in [3.8, 4) is 5.75 Å². The van der Waals surface area contributed by atoms with Crippen LogP contribution in [0.4, 0.5) is 4.39 Å². The van der Waals surface area contributed by atoms with Gasteiger partial charge in [-0.15, -0.1) is 5.10 Å². The maximum Gasteiger partial charge on any atom is 0.305 e. The zero-order valence-electron chi connectivity index (χ0n) is 17.1. The second kappa shape index (κ2) is 8.31. The van der Waals surface area contributed by atoms with Crippen LogP contribution >= 0.6 is 0 Å². The number of aromatic nitrogens is 3. The van der Waals surface area contributed by atoms with E-state index in [4.69, 9.17) is 15.6 Å². The summed E-state index contributed by atoms with van der Waals surface area (Å²) in [4.78, 5) is 13.3. The van der Waals surface area contributed by atoms with Gasteiger partial charge in [0.2, 0.25) is 0 Å². The van der Waals surface area contributed by atoms with Gasteiger partial charge < -0.3 is 15.6 Å². The molecular weight excluding hydrogens is 389 g/mol. The highest BCUT2D eigenvalue weighted by Gasteiger charge is 2.31. The number of halogens is 1. The molecule has 1 saturated heterocycles. The van der Waals surface area contributed by atoms with E-state index in [2.05, 4.69) is 33.4 Å². The molecule has 9 heteroatoms. The van der Waals surface area contributed by atoms with Crippen LogP contribution in [0.5, 0.6) is 5.75 Å². The summed E-state index contributed by atoms with van der Waals surface area (Å²) in [6.45, 7) is 4.53. The number of alkyl halides is 1. The van der Waals surface area contributed by atoms with E-state index in [0.29, 0.717) is 25.1 Å². The number of likely N-dealkylation sites (tertiary alicyclic amines) is 1. The standard InChI is InChI=1S/C21H28FN5O3/c1-21(23,11-20(28)29)19-13-27(25-24-19)17-6-9-30-18-10-14(2-3-16(17)18)12-26-7-4-15(22)5-8-26/h2-3,10,13,15,17H,4-9,11-12,23H2,1H3,(H,28,29)/t17-,21?/m1/s1. The summed E-state index contributed by atoms with van der Waals surface area (Å²) in [5, 5.41) is 17.4. The molecule has 0 amide bonds. The average molecular weight is 417 g/mol. The molecule has 0 radical (unpaired) electrons. The Hall–Kier alpha value is -2.52. The van der Waals surface area contributed by atoms with Gasteiger partial charge in [-0.25, -0.2) is 9.07 Å². The van der Waals surface area contributed by atoms with Crippen LogP contribution in [0, 0.1) is 0 Å². The van der Waals surface area contributed by atoms with Crippen LogP contribution in [0.25, 0.3) is 0 Å². The van der Waals surface area contributed by atoms with Gasteiger partial charge in [0.15, 0.2) is 0 Å². The smallest absolute Gasteiger partial charge is 0.305 e. The van der Waals surface area contributed by atoms with Crippen LogP contribution < -0.4 is 10.5 Å². The number of rotatable bonds is 6. The lowest BCUT2D eigenvalue weighted by atomic mass is 9.95. The predicted molar refractivity (Wildman–Crippen MR) is 108 cm³/mol. The first-order chi connectivity index (χ1) is 14.3. The molecule has 0 aliphatic carbocycles. The number of carboxylic acid groups (broad SMARTS) is 1. The predicted octanol–water partition coefficient (Wildman–Crippen LogP) is 2.23. The van der Waals surface area contributed by atoms with Gasteiger partial charge in [0, 0.05) is 31.6 Å². The van der Waals surface area contributed by atoms with Crippen LogP contribution in [0.2, 0.25) is 0 Å². The lowest BCUT2D eigenvalue weighted by Crippen LogP contribution is -2.36. The molecule has 1 fully saturated rings. The fourth-order valence-electron chi connectivity index (χ4n) is 4.20. The highest BCUT2D eigenvalue weighted by molar-refractivity contribution is 5.68. The summed E-state index contributed by atoms with van der Waals surface area (Å²) in [7, 11) is 0. The van der Waals surface area contributed by atoms with Gasteiger partial charge in [-0.2, -0.15) is 0 Å². The van der Waals surface area contributed by atoms with Crippen molar-refractivity contribution in [3.63, 3.8) is 0 Å².